The fourth-order valence-corrected chi connectivity index (χ4v) is 8.44. The van der Waals surface area contributed by atoms with Gasteiger partial charge in [0.25, 0.3) is 0 Å². The second-order valence-electron chi connectivity index (χ2n) is 11.3. The van der Waals surface area contributed by atoms with E-state index in [1.807, 2.05) is 6.92 Å². The third kappa shape index (κ3) is 1.54. The van der Waals surface area contributed by atoms with Gasteiger partial charge in [-0.25, -0.2) is 9.59 Å². The minimum Gasteiger partial charge on any atom is -0.458 e. The second-order valence-corrected chi connectivity index (χ2v) is 11.3. The number of carbonyl (C=O) groups is 3. The highest BCUT2D eigenvalue weighted by Gasteiger charge is 2.98. The summed E-state index contributed by atoms with van der Waals surface area (Å²) in [5, 5.41) is 12.0. The van der Waals surface area contributed by atoms with Crippen LogP contribution in [0.25, 0.3) is 0 Å². The van der Waals surface area contributed by atoms with Crippen molar-refractivity contribution in [3.63, 3.8) is 0 Å². The highest BCUT2D eigenvalue weighted by atomic mass is 16.7. The Kier molecular flexibility index (Phi) is 3.28. The average molecular weight is 456 g/mol. The van der Waals surface area contributed by atoms with Crippen molar-refractivity contribution >= 4 is 17.9 Å². The van der Waals surface area contributed by atoms with Crippen LogP contribution < -0.4 is 0 Å². The molecule has 2 aliphatic carbocycles. The second kappa shape index (κ2) is 5.13. The number of rotatable bonds is 0. The summed E-state index contributed by atoms with van der Waals surface area (Å²) < 4.78 is 24.0. The highest BCUT2D eigenvalue weighted by molar-refractivity contribution is 6.02. The Morgan fingerprint density at radius 1 is 0.970 bits per heavy atom. The van der Waals surface area contributed by atoms with E-state index in [1.165, 1.54) is 6.08 Å². The van der Waals surface area contributed by atoms with Gasteiger partial charge >= 0.3 is 17.9 Å². The number of esters is 3. The van der Waals surface area contributed by atoms with Gasteiger partial charge in [0.15, 0.2) is 5.60 Å². The summed E-state index contributed by atoms with van der Waals surface area (Å²) >= 11 is 0. The van der Waals surface area contributed by atoms with Gasteiger partial charge in [-0.2, -0.15) is 0 Å². The van der Waals surface area contributed by atoms with E-state index >= 15 is 0 Å². The molecule has 0 aromatic carbocycles. The molecule has 0 aromatic rings. The quantitative estimate of drug-likeness (QED) is 0.335. The van der Waals surface area contributed by atoms with E-state index in [1.54, 1.807) is 33.8 Å². The maximum Gasteiger partial charge on any atom is 0.344 e. The fraction of sp³-hybridized carbons (Fsp3) is 0.640. The topological polar surface area (TPSA) is 108 Å². The minimum absolute atomic E-state index is 0.292. The number of aliphatic hydroxyl groups excluding tert-OH is 1. The zero-order valence-corrected chi connectivity index (χ0v) is 19.4. The zero-order valence-electron chi connectivity index (χ0n) is 19.4. The molecule has 2 spiro atoms. The van der Waals surface area contributed by atoms with Crippen molar-refractivity contribution in [2.24, 2.45) is 16.2 Å². The molecule has 3 saturated heterocycles. The zero-order chi connectivity index (χ0) is 24.2. The molecule has 0 radical (unpaired) electrons. The highest BCUT2D eigenvalue weighted by Crippen LogP contribution is 2.84. The molecule has 4 heterocycles. The van der Waals surface area contributed by atoms with Crippen LogP contribution in [0.15, 0.2) is 36.5 Å². The Morgan fingerprint density at radius 2 is 1.64 bits per heavy atom. The first-order chi connectivity index (χ1) is 15.2. The van der Waals surface area contributed by atoms with Gasteiger partial charge in [-0.05, 0) is 51.7 Å². The van der Waals surface area contributed by atoms with Crippen LogP contribution in [0.3, 0.4) is 0 Å². The lowest BCUT2D eigenvalue weighted by atomic mass is 9.35. The minimum atomic E-state index is -1.80. The normalized spacial score (nSPS) is 55.3. The molecule has 2 saturated carbocycles. The Bertz CT molecular complexity index is 1150. The molecule has 8 atom stereocenters. The predicted molar refractivity (Wildman–Crippen MR) is 112 cm³/mol. The molecule has 0 unspecified atom stereocenters. The van der Waals surface area contributed by atoms with E-state index in [2.05, 4.69) is 13.2 Å². The van der Waals surface area contributed by atoms with E-state index in [9.17, 15) is 19.5 Å². The third-order valence-electron chi connectivity index (χ3n) is 10.2. The van der Waals surface area contributed by atoms with Gasteiger partial charge in [0.2, 0.25) is 5.60 Å². The van der Waals surface area contributed by atoms with Crippen LogP contribution >= 0.6 is 0 Å². The van der Waals surface area contributed by atoms with Gasteiger partial charge in [0.1, 0.15) is 28.8 Å². The van der Waals surface area contributed by atoms with Gasteiger partial charge in [-0.15, -0.1) is 0 Å². The van der Waals surface area contributed by atoms with E-state index in [0.717, 1.165) is 0 Å². The first-order valence-electron chi connectivity index (χ1n) is 11.3. The van der Waals surface area contributed by atoms with Crippen molar-refractivity contribution in [2.45, 2.75) is 82.1 Å². The molecule has 1 N–H and O–H groups in total. The van der Waals surface area contributed by atoms with Crippen molar-refractivity contribution < 1.29 is 38.4 Å². The van der Waals surface area contributed by atoms with Gasteiger partial charge in [0.05, 0.1) is 5.41 Å². The number of ether oxygens (including phenoxy) is 4. The standard InChI is InChI=1S/C25H28O8/c1-12-21(7)16(27)24-13(2)22(9-8-15(26)31-19(22,4)5)11-10-20(24,6)23(12)17(28)30-14(3)25(23,33-24)18(29)32-21/h8-9,14,16,27H,1-2,10-11H2,3-7H3/t14-,16-,20-,21+,22+,23+,24+,25+/m1/s1. The van der Waals surface area contributed by atoms with Crippen LogP contribution in [0, 0.1) is 16.2 Å². The van der Waals surface area contributed by atoms with E-state index in [4.69, 9.17) is 18.9 Å². The van der Waals surface area contributed by atoms with E-state index in [-0.39, 0.29) is 0 Å². The Labute approximate surface area is 191 Å². The van der Waals surface area contributed by atoms with Gasteiger partial charge in [-0.1, -0.05) is 26.2 Å². The van der Waals surface area contributed by atoms with Crippen LogP contribution in [-0.2, 0) is 33.3 Å². The van der Waals surface area contributed by atoms with Crippen LogP contribution in [0.2, 0.25) is 0 Å². The van der Waals surface area contributed by atoms with Gasteiger partial charge in [0, 0.05) is 11.5 Å². The molecule has 0 aromatic heterocycles. The Balaban J connectivity index is 1.72. The molecule has 8 heteroatoms. The van der Waals surface area contributed by atoms with Crippen LogP contribution in [0.5, 0.6) is 0 Å². The molecule has 33 heavy (non-hydrogen) atoms. The smallest absolute Gasteiger partial charge is 0.344 e. The summed E-state index contributed by atoms with van der Waals surface area (Å²) in [5.74, 6) is -1.80. The molecule has 5 fully saturated rings. The van der Waals surface area contributed by atoms with Crippen LogP contribution in [0.4, 0.5) is 0 Å². The van der Waals surface area contributed by atoms with Crippen molar-refractivity contribution in [3.8, 4) is 0 Å². The molecule has 176 valence electrons. The number of fused-ring (bicyclic) bond motifs is 1. The molecule has 6 rings (SSSR count). The lowest BCUT2D eigenvalue weighted by molar-refractivity contribution is -0.231. The number of aliphatic hydroxyl groups is 1. The Morgan fingerprint density at radius 3 is 2.27 bits per heavy atom. The van der Waals surface area contributed by atoms with E-state index < -0.39 is 68.8 Å². The molecule has 6 aliphatic rings. The number of hydrogen-bond donors (Lipinski definition) is 1. The number of hydrogen-bond acceptors (Lipinski definition) is 8. The third-order valence-corrected chi connectivity index (χ3v) is 10.2. The van der Waals surface area contributed by atoms with Crippen LogP contribution in [-0.4, -0.2) is 57.6 Å². The molecule has 4 aliphatic heterocycles. The fourth-order valence-electron chi connectivity index (χ4n) is 8.44. The summed E-state index contributed by atoms with van der Waals surface area (Å²) in [5.41, 5.74) is -8.79. The average Bonchev–Trinajstić information content (AvgIpc) is 3.04. The monoisotopic (exact) mass is 456 g/mol. The SMILES string of the molecule is C=C1[C@@]23C(=O)O[C@H](C)[C@@]24O[C@@]2(C(=C)[C@]5(C=CC(=O)OC5(C)C)CC[C@]32C)[C@H](O)[C@@]1(C)OC4=O. The first-order valence-corrected chi connectivity index (χ1v) is 11.3. The summed E-state index contributed by atoms with van der Waals surface area (Å²) in [4.78, 5) is 39.5. The summed E-state index contributed by atoms with van der Waals surface area (Å²) in [6.07, 6.45) is 1.59. The van der Waals surface area contributed by atoms with Gasteiger partial charge < -0.3 is 24.1 Å². The van der Waals surface area contributed by atoms with Gasteiger partial charge in [-0.3, -0.25) is 4.79 Å². The maximum absolute atomic E-state index is 13.7. The van der Waals surface area contributed by atoms with E-state index in [0.29, 0.717) is 24.0 Å². The molecule has 3 bridgehead atoms. The van der Waals surface area contributed by atoms with Crippen molar-refractivity contribution in [3.05, 3.63) is 36.5 Å². The van der Waals surface area contributed by atoms with Crippen LogP contribution in [0.1, 0.15) is 47.5 Å². The number of cyclic esters (lactones) is 2. The molecule has 8 nitrogen and oxygen atoms in total. The number of carbonyl (C=O) groups excluding carboxylic acids is 3. The molecule has 0 amide bonds. The summed E-state index contributed by atoms with van der Waals surface area (Å²) in [7, 11) is 0. The molecular weight excluding hydrogens is 428 g/mol. The lowest BCUT2D eigenvalue weighted by Crippen LogP contribution is -2.79. The lowest BCUT2D eigenvalue weighted by Gasteiger charge is -2.67. The summed E-state index contributed by atoms with van der Waals surface area (Å²) in [6, 6.07) is 0. The van der Waals surface area contributed by atoms with Crippen molar-refractivity contribution in [1.82, 2.24) is 0 Å². The summed E-state index contributed by atoms with van der Waals surface area (Å²) in [6.45, 7) is 17.3. The van der Waals surface area contributed by atoms with Crippen molar-refractivity contribution in [2.75, 3.05) is 0 Å². The Hall–Kier alpha value is -2.45. The maximum atomic E-state index is 13.7. The van der Waals surface area contributed by atoms with Crippen molar-refractivity contribution in [1.29, 1.82) is 0 Å². The first kappa shape index (κ1) is 21.1. The largest absolute Gasteiger partial charge is 0.458 e. The predicted octanol–water partition coefficient (Wildman–Crippen LogP) is 1.91. The molecular formula is C25H28O8.